The molecule has 0 aliphatic heterocycles. The molecule has 0 unspecified atom stereocenters. The van der Waals surface area contributed by atoms with Gasteiger partial charge in [-0.2, -0.15) is 0 Å². The lowest BCUT2D eigenvalue weighted by molar-refractivity contribution is -0.121. The van der Waals surface area contributed by atoms with E-state index in [2.05, 4.69) is 5.32 Å². The lowest BCUT2D eigenvalue weighted by atomic mass is 10.1. The summed E-state index contributed by atoms with van der Waals surface area (Å²) in [7, 11) is 0. The molecule has 0 saturated carbocycles. The first-order valence-electron chi connectivity index (χ1n) is 7.77. The van der Waals surface area contributed by atoms with Crippen LogP contribution in [0.4, 0.5) is 4.39 Å². The summed E-state index contributed by atoms with van der Waals surface area (Å²) >= 11 is 1.62. The summed E-state index contributed by atoms with van der Waals surface area (Å²) in [4.78, 5) is 24.9. The maximum atomic E-state index is 13.0. The van der Waals surface area contributed by atoms with E-state index < -0.39 is 0 Å². The number of rotatable bonds is 8. The quantitative estimate of drug-likeness (QED) is 0.583. The van der Waals surface area contributed by atoms with Crippen molar-refractivity contribution >= 4 is 23.5 Å². The lowest BCUT2D eigenvalue weighted by Gasteiger charge is -2.06. The number of thioether (sulfide) groups is 1. The first-order valence-corrected chi connectivity index (χ1v) is 8.99. The molecule has 126 valence electrons. The maximum absolute atomic E-state index is 13.0. The minimum absolute atomic E-state index is 0.0390. The monoisotopic (exact) mass is 345 g/mol. The zero-order chi connectivity index (χ0) is 17.4. The Morgan fingerprint density at radius 2 is 1.83 bits per heavy atom. The fourth-order valence-corrected chi connectivity index (χ4v) is 2.68. The fraction of sp³-hybridized carbons (Fsp3) is 0.263. The molecule has 0 saturated heterocycles. The van der Waals surface area contributed by atoms with Crippen molar-refractivity contribution in [2.75, 3.05) is 12.8 Å². The summed E-state index contributed by atoms with van der Waals surface area (Å²) in [5.41, 5.74) is 1.46. The molecule has 2 rings (SSSR count). The standard InChI is InChI=1S/C19H20FNO2S/c1-24-17-7-5-15(6-8-17)18(22)9-10-19(23)21-12-11-14-3-2-4-16(20)13-14/h2-8,13H,9-12H2,1H3,(H,21,23). The topological polar surface area (TPSA) is 46.2 Å². The van der Waals surface area contributed by atoms with Gasteiger partial charge in [-0.3, -0.25) is 9.59 Å². The van der Waals surface area contributed by atoms with Gasteiger partial charge < -0.3 is 5.32 Å². The third-order valence-corrected chi connectivity index (χ3v) is 4.36. The van der Waals surface area contributed by atoms with E-state index in [0.29, 0.717) is 18.5 Å². The highest BCUT2D eigenvalue weighted by Crippen LogP contribution is 2.16. The van der Waals surface area contributed by atoms with Crippen LogP contribution in [0, 0.1) is 5.82 Å². The molecule has 0 aromatic heterocycles. The highest BCUT2D eigenvalue weighted by molar-refractivity contribution is 7.98. The molecule has 0 aliphatic rings. The van der Waals surface area contributed by atoms with E-state index in [1.807, 2.05) is 24.5 Å². The van der Waals surface area contributed by atoms with Crippen molar-refractivity contribution < 1.29 is 14.0 Å². The normalized spacial score (nSPS) is 10.4. The van der Waals surface area contributed by atoms with Crippen LogP contribution in [0.25, 0.3) is 0 Å². The van der Waals surface area contributed by atoms with Crippen LogP contribution in [0.5, 0.6) is 0 Å². The third kappa shape index (κ3) is 5.81. The van der Waals surface area contributed by atoms with Crippen molar-refractivity contribution in [2.45, 2.75) is 24.2 Å². The van der Waals surface area contributed by atoms with Crippen LogP contribution in [-0.2, 0) is 11.2 Å². The second-order valence-corrected chi connectivity index (χ2v) is 6.26. The van der Waals surface area contributed by atoms with Gasteiger partial charge in [0.1, 0.15) is 5.82 Å². The molecule has 0 aliphatic carbocycles. The molecule has 0 bridgehead atoms. The number of halogens is 1. The number of Topliss-reactive ketones (excluding diaryl/α,β-unsaturated/α-hetero) is 1. The first kappa shape index (κ1) is 18.2. The summed E-state index contributed by atoms with van der Waals surface area (Å²) in [6, 6.07) is 13.7. The van der Waals surface area contributed by atoms with Gasteiger partial charge in [-0.25, -0.2) is 4.39 Å². The smallest absolute Gasteiger partial charge is 0.220 e. The van der Waals surface area contributed by atoms with Crippen LogP contribution in [0.1, 0.15) is 28.8 Å². The summed E-state index contributed by atoms with van der Waals surface area (Å²) in [6.45, 7) is 0.429. The van der Waals surface area contributed by atoms with E-state index in [1.54, 1.807) is 30.0 Å². The van der Waals surface area contributed by atoms with Crippen molar-refractivity contribution in [1.29, 1.82) is 0 Å². The maximum Gasteiger partial charge on any atom is 0.220 e. The molecular formula is C19H20FNO2S. The van der Waals surface area contributed by atoms with Crippen molar-refractivity contribution in [2.24, 2.45) is 0 Å². The van der Waals surface area contributed by atoms with Crippen LogP contribution in [-0.4, -0.2) is 24.5 Å². The highest BCUT2D eigenvalue weighted by atomic mass is 32.2. The van der Waals surface area contributed by atoms with Crippen LogP contribution in [0.15, 0.2) is 53.4 Å². The lowest BCUT2D eigenvalue weighted by Crippen LogP contribution is -2.26. The van der Waals surface area contributed by atoms with Crippen molar-refractivity contribution in [3.8, 4) is 0 Å². The Morgan fingerprint density at radius 3 is 2.50 bits per heavy atom. The largest absolute Gasteiger partial charge is 0.356 e. The number of amides is 1. The van der Waals surface area contributed by atoms with E-state index in [4.69, 9.17) is 0 Å². The van der Waals surface area contributed by atoms with Gasteiger partial charge in [-0.15, -0.1) is 11.8 Å². The molecule has 0 spiro atoms. The van der Waals surface area contributed by atoms with Gasteiger partial charge in [0.25, 0.3) is 0 Å². The van der Waals surface area contributed by atoms with E-state index in [-0.39, 0.29) is 30.3 Å². The molecular weight excluding hydrogens is 325 g/mol. The van der Waals surface area contributed by atoms with E-state index in [0.717, 1.165) is 10.5 Å². The van der Waals surface area contributed by atoms with Crippen molar-refractivity contribution in [3.05, 3.63) is 65.5 Å². The van der Waals surface area contributed by atoms with Gasteiger partial charge in [-0.1, -0.05) is 24.3 Å². The summed E-state index contributed by atoms with van der Waals surface area (Å²) in [5, 5.41) is 2.76. The Hall–Kier alpha value is -2.14. The number of benzene rings is 2. The second kappa shape index (κ2) is 9.23. The second-order valence-electron chi connectivity index (χ2n) is 5.38. The molecule has 24 heavy (non-hydrogen) atoms. The summed E-state index contributed by atoms with van der Waals surface area (Å²) in [5.74, 6) is -0.486. The van der Waals surface area contributed by atoms with Crippen LogP contribution < -0.4 is 5.32 Å². The molecule has 2 aromatic carbocycles. The number of ketones is 1. The zero-order valence-electron chi connectivity index (χ0n) is 13.5. The molecule has 5 heteroatoms. The summed E-state index contributed by atoms with van der Waals surface area (Å²) in [6.07, 6.45) is 2.88. The first-order chi connectivity index (χ1) is 11.6. The molecule has 0 radical (unpaired) electrons. The number of carbonyl (C=O) groups is 2. The van der Waals surface area contributed by atoms with Crippen molar-refractivity contribution in [1.82, 2.24) is 5.32 Å². The van der Waals surface area contributed by atoms with Crippen LogP contribution >= 0.6 is 11.8 Å². The Bertz CT molecular complexity index is 701. The highest BCUT2D eigenvalue weighted by Gasteiger charge is 2.09. The average molecular weight is 345 g/mol. The molecule has 0 atom stereocenters. The molecule has 0 heterocycles. The number of hydrogen-bond acceptors (Lipinski definition) is 3. The predicted octanol–water partition coefficient (Wildman–Crippen LogP) is 3.87. The fourth-order valence-electron chi connectivity index (χ4n) is 2.28. The Morgan fingerprint density at radius 1 is 1.08 bits per heavy atom. The third-order valence-electron chi connectivity index (χ3n) is 3.62. The Balaban J connectivity index is 1.71. The molecule has 0 fully saturated rings. The minimum atomic E-state index is -0.281. The van der Waals surface area contributed by atoms with Gasteiger partial charge in [0.2, 0.25) is 5.91 Å². The molecule has 1 N–H and O–H groups in total. The van der Waals surface area contributed by atoms with Gasteiger partial charge >= 0.3 is 0 Å². The van der Waals surface area contributed by atoms with Gasteiger partial charge in [0.15, 0.2) is 5.78 Å². The SMILES string of the molecule is CSc1ccc(C(=O)CCC(=O)NCCc2cccc(F)c2)cc1. The van der Waals surface area contributed by atoms with Gasteiger partial charge in [-0.05, 0) is 42.5 Å². The predicted molar refractivity (Wildman–Crippen MR) is 94.9 cm³/mol. The Labute approximate surface area is 145 Å². The zero-order valence-corrected chi connectivity index (χ0v) is 14.4. The molecule has 1 amide bonds. The number of hydrogen-bond donors (Lipinski definition) is 1. The molecule has 3 nitrogen and oxygen atoms in total. The summed E-state index contributed by atoms with van der Waals surface area (Å²) < 4.78 is 13.0. The van der Waals surface area contributed by atoms with Crippen LogP contribution in [0.2, 0.25) is 0 Å². The van der Waals surface area contributed by atoms with E-state index in [1.165, 1.54) is 12.1 Å². The number of carbonyl (C=O) groups excluding carboxylic acids is 2. The van der Waals surface area contributed by atoms with E-state index in [9.17, 15) is 14.0 Å². The Kier molecular flexibility index (Phi) is 7.00. The van der Waals surface area contributed by atoms with Gasteiger partial charge in [0.05, 0.1) is 0 Å². The van der Waals surface area contributed by atoms with Crippen LogP contribution in [0.3, 0.4) is 0 Å². The number of nitrogens with one attached hydrogen (secondary N) is 1. The van der Waals surface area contributed by atoms with Gasteiger partial charge in [0, 0.05) is 29.8 Å². The average Bonchev–Trinajstić information content (AvgIpc) is 2.60. The van der Waals surface area contributed by atoms with E-state index >= 15 is 0 Å². The molecule has 2 aromatic rings. The minimum Gasteiger partial charge on any atom is -0.356 e. The van der Waals surface area contributed by atoms with Crippen molar-refractivity contribution in [3.63, 3.8) is 0 Å².